The van der Waals surface area contributed by atoms with Gasteiger partial charge in [0.25, 0.3) is 0 Å². The first kappa shape index (κ1) is 16.3. The van der Waals surface area contributed by atoms with Gasteiger partial charge >= 0.3 is 0 Å². The summed E-state index contributed by atoms with van der Waals surface area (Å²) in [6, 6.07) is 8.94. The van der Waals surface area contributed by atoms with Gasteiger partial charge in [-0.05, 0) is 30.5 Å². The van der Waals surface area contributed by atoms with Crippen LogP contribution in [0.3, 0.4) is 0 Å². The zero-order valence-electron chi connectivity index (χ0n) is 13.6. The van der Waals surface area contributed by atoms with Crippen LogP contribution in [0.15, 0.2) is 29.3 Å². The van der Waals surface area contributed by atoms with E-state index in [9.17, 15) is 0 Å². The van der Waals surface area contributed by atoms with Crippen molar-refractivity contribution in [3.8, 4) is 0 Å². The number of aliphatic imine (C=N–C) groups is 1. The molecule has 20 heavy (non-hydrogen) atoms. The number of nitrogens with one attached hydrogen (secondary N) is 2. The Morgan fingerprint density at radius 2 is 1.75 bits per heavy atom. The summed E-state index contributed by atoms with van der Waals surface area (Å²) in [5.41, 5.74) is 2.46. The summed E-state index contributed by atoms with van der Waals surface area (Å²) < 4.78 is 0. The van der Waals surface area contributed by atoms with Crippen LogP contribution in [0, 0.1) is 5.92 Å². The molecule has 0 saturated heterocycles. The van der Waals surface area contributed by atoms with Crippen LogP contribution in [0.25, 0.3) is 0 Å². The van der Waals surface area contributed by atoms with E-state index in [4.69, 9.17) is 0 Å². The Morgan fingerprint density at radius 3 is 2.20 bits per heavy atom. The molecule has 112 valence electrons. The Hall–Kier alpha value is -1.71. The molecule has 1 aromatic rings. The molecule has 0 radical (unpaired) electrons. The largest absolute Gasteiger partial charge is 0.378 e. The molecule has 0 heterocycles. The minimum atomic E-state index is 0.400. The monoisotopic (exact) mass is 276 g/mol. The second-order valence-electron chi connectivity index (χ2n) is 5.66. The van der Waals surface area contributed by atoms with Gasteiger partial charge in [0.2, 0.25) is 0 Å². The van der Waals surface area contributed by atoms with Crippen molar-refractivity contribution in [3.05, 3.63) is 29.8 Å². The highest BCUT2D eigenvalue weighted by atomic mass is 15.2. The third-order valence-corrected chi connectivity index (χ3v) is 3.50. The summed E-state index contributed by atoms with van der Waals surface area (Å²) in [5, 5.41) is 6.74. The molecule has 4 nitrogen and oxygen atoms in total. The highest BCUT2D eigenvalue weighted by Gasteiger charge is 2.08. The Labute approximate surface area is 123 Å². The predicted molar refractivity (Wildman–Crippen MR) is 88.4 cm³/mol. The average Bonchev–Trinajstić information content (AvgIpc) is 2.43. The lowest BCUT2D eigenvalue weighted by Crippen LogP contribution is -2.43. The second kappa shape index (κ2) is 7.78. The van der Waals surface area contributed by atoms with E-state index in [0.29, 0.717) is 12.0 Å². The van der Waals surface area contributed by atoms with Gasteiger partial charge in [0.15, 0.2) is 5.96 Å². The number of guanidine groups is 1. The van der Waals surface area contributed by atoms with Crippen LogP contribution in [0.1, 0.15) is 26.3 Å². The van der Waals surface area contributed by atoms with Crippen molar-refractivity contribution in [3.63, 3.8) is 0 Å². The van der Waals surface area contributed by atoms with E-state index in [1.165, 1.54) is 11.3 Å². The molecule has 0 amide bonds. The van der Waals surface area contributed by atoms with Gasteiger partial charge in [-0.25, -0.2) is 0 Å². The predicted octanol–water partition coefficient (Wildman–Crippen LogP) is 2.46. The van der Waals surface area contributed by atoms with Crippen molar-refractivity contribution in [2.24, 2.45) is 10.9 Å². The Kier molecular flexibility index (Phi) is 6.36. The van der Waals surface area contributed by atoms with Crippen LogP contribution >= 0.6 is 0 Å². The van der Waals surface area contributed by atoms with Gasteiger partial charge in [-0.1, -0.05) is 26.0 Å². The molecule has 1 aromatic carbocycles. The summed E-state index contributed by atoms with van der Waals surface area (Å²) in [6.07, 6.45) is 0. The molecule has 1 rings (SSSR count). The summed E-state index contributed by atoms with van der Waals surface area (Å²) >= 11 is 0. The zero-order valence-corrected chi connectivity index (χ0v) is 13.6. The minimum Gasteiger partial charge on any atom is -0.378 e. The van der Waals surface area contributed by atoms with Gasteiger partial charge in [0.05, 0.1) is 0 Å². The van der Waals surface area contributed by atoms with Gasteiger partial charge < -0.3 is 15.5 Å². The maximum Gasteiger partial charge on any atom is 0.191 e. The summed E-state index contributed by atoms with van der Waals surface area (Å²) in [7, 11) is 5.90. The van der Waals surface area contributed by atoms with Gasteiger partial charge in [0.1, 0.15) is 0 Å². The molecular weight excluding hydrogens is 248 g/mol. The summed E-state index contributed by atoms with van der Waals surface area (Å²) in [5.74, 6) is 1.43. The van der Waals surface area contributed by atoms with Crippen molar-refractivity contribution in [1.29, 1.82) is 0 Å². The average molecular weight is 276 g/mol. The molecule has 0 aliphatic heterocycles. The van der Waals surface area contributed by atoms with Crippen LogP contribution in [-0.2, 0) is 6.54 Å². The van der Waals surface area contributed by atoms with Crippen molar-refractivity contribution in [2.45, 2.75) is 33.4 Å². The highest BCUT2D eigenvalue weighted by molar-refractivity contribution is 5.79. The molecule has 0 fully saturated rings. The van der Waals surface area contributed by atoms with Crippen molar-refractivity contribution >= 4 is 11.6 Å². The molecule has 0 saturated carbocycles. The van der Waals surface area contributed by atoms with Gasteiger partial charge in [-0.3, -0.25) is 4.99 Å². The number of rotatable bonds is 5. The van der Waals surface area contributed by atoms with Crippen LogP contribution in [0.5, 0.6) is 0 Å². The molecule has 0 aliphatic carbocycles. The summed E-state index contributed by atoms with van der Waals surface area (Å²) in [6.45, 7) is 7.34. The van der Waals surface area contributed by atoms with Gasteiger partial charge in [0, 0.05) is 39.4 Å². The van der Waals surface area contributed by atoms with Gasteiger partial charge in [-0.2, -0.15) is 0 Å². The van der Waals surface area contributed by atoms with E-state index in [0.717, 1.165) is 12.5 Å². The Bertz CT molecular complexity index is 421. The first-order chi connectivity index (χ1) is 9.43. The Balaban J connectivity index is 2.52. The van der Waals surface area contributed by atoms with E-state index >= 15 is 0 Å². The lowest BCUT2D eigenvalue weighted by atomic mass is 10.1. The van der Waals surface area contributed by atoms with Crippen LogP contribution in [0.4, 0.5) is 5.69 Å². The second-order valence-corrected chi connectivity index (χ2v) is 5.66. The Morgan fingerprint density at radius 1 is 1.15 bits per heavy atom. The molecule has 2 N–H and O–H groups in total. The minimum absolute atomic E-state index is 0.400. The highest BCUT2D eigenvalue weighted by Crippen LogP contribution is 2.11. The van der Waals surface area contributed by atoms with E-state index in [1.807, 2.05) is 14.1 Å². The van der Waals surface area contributed by atoms with E-state index < -0.39 is 0 Å². The molecular formula is C16H28N4. The molecule has 1 atom stereocenters. The third-order valence-electron chi connectivity index (χ3n) is 3.50. The fourth-order valence-corrected chi connectivity index (χ4v) is 1.67. The first-order valence-corrected chi connectivity index (χ1v) is 7.17. The normalized spacial score (nSPS) is 13.2. The fourth-order valence-electron chi connectivity index (χ4n) is 1.67. The lowest BCUT2D eigenvalue weighted by molar-refractivity contribution is 0.481. The van der Waals surface area contributed by atoms with Crippen LogP contribution in [-0.4, -0.2) is 33.1 Å². The number of hydrogen-bond acceptors (Lipinski definition) is 2. The van der Waals surface area contributed by atoms with E-state index in [-0.39, 0.29) is 0 Å². The maximum atomic E-state index is 4.26. The molecule has 0 bridgehead atoms. The molecule has 0 spiro atoms. The van der Waals surface area contributed by atoms with Crippen molar-refractivity contribution in [1.82, 2.24) is 10.6 Å². The standard InChI is InChI=1S/C16H28N4/c1-12(2)13(3)19-16(17-4)18-11-14-7-9-15(10-8-14)20(5)6/h7-10,12-13H,11H2,1-6H3,(H2,17,18,19). The molecule has 0 aliphatic rings. The number of anilines is 1. The van der Waals surface area contributed by atoms with Crippen LogP contribution < -0.4 is 15.5 Å². The molecule has 0 aromatic heterocycles. The smallest absolute Gasteiger partial charge is 0.191 e. The van der Waals surface area contributed by atoms with Crippen LogP contribution in [0.2, 0.25) is 0 Å². The zero-order chi connectivity index (χ0) is 15.1. The number of benzene rings is 1. The fraction of sp³-hybridized carbons (Fsp3) is 0.562. The van der Waals surface area contributed by atoms with Gasteiger partial charge in [-0.15, -0.1) is 0 Å². The third kappa shape index (κ3) is 5.11. The SMILES string of the molecule is CN=C(NCc1ccc(N(C)C)cc1)NC(C)C(C)C. The topological polar surface area (TPSA) is 39.7 Å². The van der Waals surface area contributed by atoms with E-state index in [2.05, 4.69) is 65.6 Å². The number of hydrogen-bond donors (Lipinski definition) is 2. The van der Waals surface area contributed by atoms with E-state index in [1.54, 1.807) is 7.05 Å². The maximum absolute atomic E-state index is 4.26. The summed E-state index contributed by atoms with van der Waals surface area (Å²) in [4.78, 5) is 6.36. The first-order valence-electron chi connectivity index (χ1n) is 7.17. The molecule has 1 unspecified atom stereocenters. The van der Waals surface area contributed by atoms with Crippen molar-refractivity contribution in [2.75, 3.05) is 26.0 Å². The quantitative estimate of drug-likeness (QED) is 0.641. The van der Waals surface area contributed by atoms with Crippen molar-refractivity contribution < 1.29 is 0 Å². The molecule has 4 heteroatoms. The number of nitrogens with zero attached hydrogens (tertiary/aromatic N) is 2. The lowest BCUT2D eigenvalue weighted by Gasteiger charge is -2.21.